The summed E-state index contributed by atoms with van der Waals surface area (Å²) in [6, 6.07) is 14.6. The molecular formula is C26H24F3N3O2. The zero-order valence-electron chi connectivity index (χ0n) is 18.8. The molecule has 0 aromatic heterocycles. The molecule has 0 saturated carbocycles. The summed E-state index contributed by atoms with van der Waals surface area (Å²) in [5.41, 5.74) is 3.35. The highest BCUT2D eigenvalue weighted by atomic mass is 19.1. The number of halogens is 3. The van der Waals surface area contributed by atoms with Crippen LogP contribution in [0.15, 0.2) is 65.8 Å². The minimum absolute atomic E-state index is 0.0645. The van der Waals surface area contributed by atoms with Gasteiger partial charge in [-0.3, -0.25) is 0 Å². The van der Waals surface area contributed by atoms with E-state index in [4.69, 9.17) is 4.84 Å². The molecule has 5 nitrogen and oxygen atoms in total. The van der Waals surface area contributed by atoms with Gasteiger partial charge in [-0.1, -0.05) is 47.6 Å². The van der Waals surface area contributed by atoms with Gasteiger partial charge in [0.1, 0.15) is 17.5 Å². The van der Waals surface area contributed by atoms with E-state index in [1.807, 2.05) is 32.0 Å². The number of carbonyl (C=O) groups excluding carboxylic acids is 1. The first kappa shape index (κ1) is 23.4. The molecule has 0 radical (unpaired) electrons. The summed E-state index contributed by atoms with van der Waals surface area (Å²) in [5, 5.41) is 6.90. The average molecular weight is 467 g/mol. The fourth-order valence-electron chi connectivity index (χ4n) is 3.90. The van der Waals surface area contributed by atoms with Crippen molar-refractivity contribution in [2.75, 3.05) is 11.9 Å². The van der Waals surface area contributed by atoms with E-state index in [0.29, 0.717) is 17.0 Å². The van der Waals surface area contributed by atoms with Crippen molar-refractivity contribution in [1.29, 1.82) is 0 Å². The molecule has 4 rings (SSSR count). The molecule has 1 aliphatic rings. The molecule has 0 saturated heterocycles. The second kappa shape index (κ2) is 9.99. The lowest BCUT2D eigenvalue weighted by Crippen LogP contribution is -2.40. The maximum absolute atomic E-state index is 14.4. The van der Waals surface area contributed by atoms with Gasteiger partial charge in [-0.05, 0) is 37.1 Å². The van der Waals surface area contributed by atoms with Crippen LogP contribution in [0.2, 0.25) is 0 Å². The number of hydrogen-bond donors (Lipinski definition) is 1. The number of para-hydroxylation sites is 1. The van der Waals surface area contributed by atoms with E-state index in [0.717, 1.165) is 23.3 Å². The molecular weight excluding hydrogens is 443 g/mol. The van der Waals surface area contributed by atoms with Gasteiger partial charge >= 0.3 is 6.03 Å². The first-order valence-electron chi connectivity index (χ1n) is 10.9. The average Bonchev–Trinajstić information content (AvgIpc) is 3.26. The predicted octanol–water partition coefficient (Wildman–Crippen LogP) is 5.95. The lowest BCUT2D eigenvalue weighted by atomic mass is 10.0. The number of nitrogens with one attached hydrogen (secondary N) is 1. The monoisotopic (exact) mass is 467 g/mol. The van der Waals surface area contributed by atoms with Crippen molar-refractivity contribution < 1.29 is 22.8 Å². The highest BCUT2D eigenvalue weighted by Crippen LogP contribution is 2.23. The second-order valence-corrected chi connectivity index (χ2v) is 8.26. The Morgan fingerprint density at radius 1 is 1.03 bits per heavy atom. The third-order valence-corrected chi connectivity index (χ3v) is 5.72. The van der Waals surface area contributed by atoms with Gasteiger partial charge < -0.3 is 15.1 Å². The van der Waals surface area contributed by atoms with E-state index in [9.17, 15) is 18.0 Å². The van der Waals surface area contributed by atoms with Gasteiger partial charge in [-0.2, -0.15) is 0 Å². The summed E-state index contributed by atoms with van der Waals surface area (Å²) in [6.07, 6.45) is -0.276. The smallest absolute Gasteiger partial charge is 0.322 e. The van der Waals surface area contributed by atoms with Crippen LogP contribution in [0.25, 0.3) is 0 Å². The van der Waals surface area contributed by atoms with Crippen LogP contribution in [0.3, 0.4) is 0 Å². The number of rotatable bonds is 6. The summed E-state index contributed by atoms with van der Waals surface area (Å²) < 4.78 is 41.9. The topological polar surface area (TPSA) is 53.9 Å². The zero-order valence-corrected chi connectivity index (χ0v) is 18.8. The van der Waals surface area contributed by atoms with Crippen molar-refractivity contribution >= 4 is 17.4 Å². The number of benzene rings is 3. The summed E-state index contributed by atoms with van der Waals surface area (Å²) in [4.78, 5) is 20.1. The molecule has 0 unspecified atom stereocenters. The van der Waals surface area contributed by atoms with E-state index in [-0.39, 0.29) is 25.1 Å². The maximum atomic E-state index is 14.4. The van der Waals surface area contributed by atoms with Crippen LogP contribution in [0.1, 0.15) is 28.7 Å². The van der Waals surface area contributed by atoms with Crippen LogP contribution in [-0.4, -0.2) is 29.3 Å². The van der Waals surface area contributed by atoms with Crippen molar-refractivity contribution in [3.63, 3.8) is 0 Å². The fraction of sp³-hybridized carbons (Fsp3) is 0.231. The Labute approximate surface area is 195 Å². The van der Waals surface area contributed by atoms with E-state index in [2.05, 4.69) is 10.5 Å². The van der Waals surface area contributed by atoms with Gasteiger partial charge in [-0.25, -0.2) is 18.0 Å². The van der Waals surface area contributed by atoms with Crippen molar-refractivity contribution in [2.24, 2.45) is 5.16 Å². The molecule has 1 heterocycles. The Balaban J connectivity index is 1.54. The van der Waals surface area contributed by atoms with Crippen molar-refractivity contribution in [1.82, 2.24) is 4.90 Å². The molecule has 3 aromatic rings. The molecule has 0 spiro atoms. The third kappa shape index (κ3) is 5.22. The van der Waals surface area contributed by atoms with Gasteiger partial charge in [-0.15, -0.1) is 0 Å². The minimum Gasteiger partial charge on any atom is -0.390 e. The van der Waals surface area contributed by atoms with E-state index in [1.165, 1.54) is 17.0 Å². The lowest BCUT2D eigenvalue weighted by molar-refractivity contribution is 0.0606. The summed E-state index contributed by atoms with van der Waals surface area (Å²) in [7, 11) is 0. The van der Waals surface area contributed by atoms with Gasteiger partial charge in [0.15, 0.2) is 6.10 Å². The quantitative estimate of drug-likeness (QED) is 0.487. The molecule has 0 aliphatic carbocycles. The number of amides is 2. The SMILES string of the molecule is Cc1cccc(C)c1NC(=O)N(Cc1ccc(F)cc1F)C[C@H]1CC(c2ccccc2F)=NO1. The molecule has 34 heavy (non-hydrogen) atoms. The molecule has 3 aromatic carbocycles. The molecule has 2 amide bonds. The van der Waals surface area contributed by atoms with Gasteiger partial charge in [0, 0.05) is 29.3 Å². The zero-order chi connectivity index (χ0) is 24.2. The van der Waals surface area contributed by atoms with Crippen molar-refractivity contribution in [3.05, 3.63) is 100 Å². The molecule has 1 N–H and O–H groups in total. The third-order valence-electron chi connectivity index (χ3n) is 5.72. The van der Waals surface area contributed by atoms with Crippen LogP contribution in [0.4, 0.5) is 23.7 Å². The Bertz CT molecular complexity index is 1230. The normalized spacial score (nSPS) is 15.0. The second-order valence-electron chi connectivity index (χ2n) is 8.26. The van der Waals surface area contributed by atoms with Crippen LogP contribution < -0.4 is 5.32 Å². The number of hydrogen-bond acceptors (Lipinski definition) is 3. The molecule has 1 atom stereocenters. The first-order valence-corrected chi connectivity index (χ1v) is 10.9. The Morgan fingerprint density at radius 2 is 1.76 bits per heavy atom. The molecule has 0 bridgehead atoms. The summed E-state index contributed by atoms with van der Waals surface area (Å²) >= 11 is 0. The molecule has 176 valence electrons. The van der Waals surface area contributed by atoms with Crippen LogP contribution >= 0.6 is 0 Å². The highest BCUT2D eigenvalue weighted by Gasteiger charge is 2.29. The lowest BCUT2D eigenvalue weighted by Gasteiger charge is -2.26. The number of anilines is 1. The number of oxime groups is 1. The summed E-state index contributed by atoms with van der Waals surface area (Å²) in [5.74, 6) is -1.86. The van der Waals surface area contributed by atoms with E-state index < -0.39 is 29.6 Å². The molecule has 8 heteroatoms. The Hall–Kier alpha value is -3.81. The van der Waals surface area contributed by atoms with Gasteiger partial charge in [0.25, 0.3) is 0 Å². The largest absolute Gasteiger partial charge is 0.390 e. The van der Waals surface area contributed by atoms with Gasteiger partial charge in [0.2, 0.25) is 0 Å². The van der Waals surface area contributed by atoms with Crippen molar-refractivity contribution in [3.8, 4) is 0 Å². The van der Waals surface area contributed by atoms with Crippen LogP contribution in [-0.2, 0) is 11.4 Å². The van der Waals surface area contributed by atoms with Crippen molar-refractivity contribution in [2.45, 2.75) is 32.9 Å². The highest BCUT2D eigenvalue weighted by molar-refractivity contribution is 6.01. The predicted molar refractivity (Wildman–Crippen MR) is 124 cm³/mol. The van der Waals surface area contributed by atoms with E-state index in [1.54, 1.807) is 18.2 Å². The summed E-state index contributed by atoms with van der Waals surface area (Å²) in [6.45, 7) is 3.70. The van der Waals surface area contributed by atoms with E-state index >= 15 is 0 Å². The maximum Gasteiger partial charge on any atom is 0.322 e. The number of carbonyl (C=O) groups is 1. The first-order chi connectivity index (χ1) is 16.3. The Kier molecular flexibility index (Phi) is 6.86. The van der Waals surface area contributed by atoms with Crippen LogP contribution in [0.5, 0.6) is 0 Å². The Morgan fingerprint density at radius 3 is 2.47 bits per heavy atom. The number of nitrogens with zero attached hydrogens (tertiary/aromatic N) is 2. The minimum atomic E-state index is -0.750. The number of urea groups is 1. The van der Waals surface area contributed by atoms with Gasteiger partial charge in [0.05, 0.1) is 18.8 Å². The standard InChI is InChI=1S/C26H24F3N3O2/c1-16-6-5-7-17(2)25(16)30-26(33)32(14-18-10-11-19(27)12-23(18)29)15-20-13-24(31-34-20)21-8-3-4-9-22(21)28/h3-12,20H,13-15H2,1-2H3,(H,30,33)/t20-/m1/s1. The fourth-order valence-corrected chi connectivity index (χ4v) is 3.90. The van der Waals surface area contributed by atoms with Crippen LogP contribution in [0, 0.1) is 31.3 Å². The molecule has 1 aliphatic heterocycles. The number of aryl methyl sites for hydroxylation is 2. The molecule has 0 fully saturated rings.